The van der Waals surface area contributed by atoms with Crippen LogP contribution in [0, 0.1) is 5.82 Å². The van der Waals surface area contributed by atoms with Gasteiger partial charge < -0.3 is 10.5 Å². The molecule has 0 aliphatic rings. The van der Waals surface area contributed by atoms with Crippen LogP contribution >= 0.6 is 12.4 Å². The summed E-state index contributed by atoms with van der Waals surface area (Å²) in [5, 5.41) is 0. The predicted molar refractivity (Wildman–Crippen MR) is 73.7 cm³/mol. The molecule has 0 bridgehead atoms. The molecule has 0 heterocycles. The number of alkyl halides is 3. The number of rotatable bonds is 3. The second kappa shape index (κ2) is 6.78. The highest BCUT2D eigenvalue weighted by atomic mass is 35.5. The fourth-order valence-electron chi connectivity index (χ4n) is 1.78. The second-order valence-corrected chi connectivity index (χ2v) is 4.12. The van der Waals surface area contributed by atoms with Gasteiger partial charge in [0.15, 0.2) is 0 Å². The third-order valence-electron chi connectivity index (χ3n) is 2.61. The van der Waals surface area contributed by atoms with Gasteiger partial charge in [-0.25, -0.2) is 4.39 Å². The van der Waals surface area contributed by atoms with Crippen molar-refractivity contribution in [2.45, 2.75) is 12.9 Å². The average Bonchev–Trinajstić information content (AvgIpc) is 2.37. The molecule has 0 amide bonds. The van der Waals surface area contributed by atoms with E-state index in [1.165, 1.54) is 36.4 Å². The monoisotopic (exact) mass is 321 g/mol. The fraction of sp³-hybridized carbons (Fsp3) is 0.143. The Morgan fingerprint density at radius 3 is 2.10 bits per heavy atom. The summed E-state index contributed by atoms with van der Waals surface area (Å²) in [6.45, 7) is 0.181. The lowest BCUT2D eigenvalue weighted by Gasteiger charge is -2.10. The van der Waals surface area contributed by atoms with Gasteiger partial charge in [0, 0.05) is 6.54 Å². The minimum atomic E-state index is -4.73. The van der Waals surface area contributed by atoms with Crippen LogP contribution in [0.4, 0.5) is 17.6 Å². The summed E-state index contributed by atoms with van der Waals surface area (Å²) in [4.78, 5) is 0. The van der Waals surface area contributed by atoms with E-state index < -0.39 is 12.2 Å². The first-order chi connectivity index (χ1) is 9.37. The van der Waals surface area contributed by atoms with E-state index in [1.54, 1.807) is 6.07 Å². The smallest absolute Gasteiger partial charge is 0.406 e. The molecule has 2 N–H and O–H groups in total. The highest BCUT2D eigenvalue weighted by Crippen LogP contribution is 2.27. The summed E-state index contributed by atoms with van der Waals surface area (Å²) in [6.07, 6.45) is -4.73. The molecule has 21 heavy (non-hydrogen) atoms. The average molecular weight is 322 g/mol. The van der Waals surface area contributed by atoms with Gasteiger partial charge in [-0.05, 0) is 47.0 Å². The van der Waals surface area contributed by atoms with Crippen molar-refractivity contribution in [2.24, 2.45) is 5.73 Å². The number of hydrogen-bond acceptors (Lipinski definition) is 2. The van der Waals surface area contributed by atoms with Crippen LogP contribution in [0.25, 0.3) is 11.1 Å². The van der Waals surface area contributed by atoms with Crippen molar-refractivity contribution in [1.29, 1.82) is 0 Å². The lowest BCUT2D eigenvalue weighted by molar-refractivity contribution is -0.274. The molecule has 0 aliphatic carbocycles. The minimum Gasteiger partial charge on any atom is -0.406 e. The Balaban J connectivity index is 0.00000220. The van der Waals surface area contributed by atoms with Gasteiger partial charge in [0.1, 0.15) is 11.6 Å². The van der Waals surface area contributed by atoms with Gasteiger partial charge in [-0.1, -0.05) is 12.1 Å². The number of nitrogens with two attached hydrogens (primary N) is 1. The largest absolute Gasteiger partial charge is 0.573 e. The lowest BCUT2D eigenvalue weighted by Crippen LogP contribution is -2.16. The van der Waals surface area contributed by atoms with Gasteiger partial charge in [-0.15, -0.1) is 25.6 Å². The maximum atomic E-state index is 13.4. The van der Waals surface area contributed by atoms with E-state index >= 15 is 0 Å². The Bertz CT molecular complexity index is 599. The first-order valence-corrected chi connectivity index (χ1v) is 5.73. The Kier molecular flexibility index (Phi) is 5.57. The predicted octanol–water partition coefficient (Wildman–Crippen LogP) is 4.27. The maximum Gasteiger partial charge on any atom is 0.573 e. The summed E-state index contributed by atoms with van der Waals surface area (Å²) in [5.41, 5.74) is 7.18. The molecule has 0 fully saturated rings. The number of halogens is 5. The SMILES string of the molecule is Cl.NCc1cc(F)cc(-c2ccc(OC(F)(F)F)cc2)c1. The number of ether oxygens (including phenoxy) is 1. The Labute approximate surface area is 124 Å². The van der Waals surface area contributed by atoms with Crippen molar-refractivity contribution in [2.75, 3.05) is 0 Å². The molecular weight excluding hydrogens is 310 g/mol. The summed E-state index contributed by atoms with van der Waals surface area (Å²) < 4.78 is 53.2. The van der Waals surface area contributed by atoms with Crippen LogP contribution in [0.5, 0.6) is 5.75 Å². The molecule has 0 aromatic heterocycles. The topological polar surface area (TPSA) is 35.2 Å². The fourth-order valence-corrected chi connectivity index (χ4v) is 1.78. The van der Waals surface area contributed by atoms with Crippen LogP contribution in [0.1, 0.15) is 5.56 Å². The van der Waals surface area contributed by atoms with Crippen molar-refractivity contribution in [3.8, 4) is 16.9 Å². The van der Waals surface area contributed by atoms with Gasteiger partial charge in [-0.3, -0.25) is 0 Å². The third-order valence-corrected chi connectivity index (χ3v) is 2.61. The van der Waals surface area contributed by atoms with Crippen LogP contribution < -0.4 is 10.5 Å². The summed E-state index contributed by atoms with van der Waals surface area (Å²) >= 11 is 0. The van der Waals surface area contributed by atoms with Crippen molar-refractivity contribution in [1.82, 2.24) is 0 Å². The quantitative estimate of drug-likeness (QED) is 0.857. The van der Waals surface area contributed by atoms with Gasteiger partial charge >= 0.3 is 6.36 Å². The van der Waals surface area contributed by atoms with E-state index in [-0.39, 0.29) is 24.7 Å². The van der Waals surface area contributed by atoms with Crippen LogP contribution in [-0.2, 0) is 6.54 Å². The van der Waals surface area contributed by atoms with Gasteiger partial charge in [0.05, 0.1) is 0 Å². The second-order valence-electron chi connectivity index (χ2n) is 4.12. The molecule has 0 atom stereocenters. The molecule has 0 saturated carbocycles. The zero-order valence-electron chi connectivity index (χ0n) is 10.7. The summed E-state index contributed by atoms with van der Waals surface area (Å²) in [7, 11) is 0. The van der Waals surface area contributed by atoms with Crippen molar-refractivity contribution < 1.29 is 22.3 Å². The van der Waals surface area contributed by atoms with Crippen LogP contribution in [0.3, 0.4) is 0 Å². The van der Waals surface area contributed by atoms with Crippen LogP contribution in [-0.4, -0.2) is 6.36 Å². The first kappa shape index (κ1) is 17.3. The molecule has 7 heteroatoms. The van der Waals surface area contributed by atoms with Crippen molar-refractivity contribution in [3.63, 3.8) is 0 Å². The third kappa shape index (κ3) is 4.91. The van der Waals surface area contributed by atoms with Crippen molar-refractivity contribution >= 4 is 12.4 Å². The highest BCUT2D eigenvalue weighted by Gasteiger charge is 2.30. The van der Waals surface area contributed by atoms with Gasteiger partial charge in [0.2, 0.25) is 0 Å². The highest BCUT2D eigenvalue weighted by molar-refractivity contribution is 5.85. The molecule has 2 aromatic carbocycles. The summed E-state index contributed by atoms with van der Waals surface area (Å²) in [6, 6.07) is 9.49. The molecule has 0 aliphatic heterocycles. The van der Waals surface area contributed by atoms with E-state index in [0.717, 1.165) is 0 Å². The number of hydrogen-bond donors (Lipinski definition) is 1. The maximum absolute atomic E-state index is 13.4. The van der Waals surface area contributed by atoms with Gasteiger partial charge in [-0.2, -0.15) is 0 Å². The van der Waals surface area contributed by atoms with Crippen molar-refractivity contribution in [3.05, 3.63) is 53.8 Å². The molecule has 114 valence electrons. The number of benzene rings is 2. The first-order valence-electron chi connectivity index (χ1n) is 5.73. The van der Waals surface area contributed by atoms with Gasteiger partial charge in [0.25, 0.3) is 0 Å². The zero-order valence-corrected chi connectivity index (χ0v) is 11.5. The molecule has 2 nitrogen and oxygen atoms in total. The molecule has 2 aromatic rings. The normalized spacial score (nSPS) is 10.9. The Morgan fingerprint density at radius 2 is 1.57 bits per heavy atom. The zero-order chi connectivity index (χ0) is 14.8. The van der Waals surface area contributed by atoms with Crippen LogP contribution in [0.15, 0.2) is 42.5 Å². The summed E-state index contributed by atoms with van der Waals surface area (Å²) in [5.74, 6) is -0.768. The minimum absolute atomic E-state index is 0. The van der Waals surface area contributed by atoms with E-state index in [1.807, 2.05) is 0 Å². The van der Waals surface area contributed by atoms with E-state index in [2.05, 4.69) is 4.74 Å². The Morgan fingerprint density at radius 1 is 0.952 bits per heavy atom. The molecule has 0 saturated heterocycles. The molecule has 0 spiro atoms. The van der Waals surface area contributed by atoms with E-state index in [4.69, 9.17) is 5.73 Å². The molecule has 2 rings (SSSR count). The van der Waals surface area contributed by atoms with E-state index in [0.29, 0.717) is 16.7 Å². The molecule has 0 radical (unpaired) electrons. The molecular formula is C14H12ClF4NO. The Hall–Kier alpha value is -1.79. The van der Waals surface area contributed by atoms with E-state index in [9.17, 15) is 17.6 Å². The lowest BCUT2D eigenvalue weighted by atomic mass is 10.0. The molecule has 0 unspecified atom stereocenters. The standard InChI is InChI=1S/C14H11F4NO.ClH/c15-12-6-9(8-19)5-11(7-12)10-1-3-13(4-2-10)20-14(16,17)18;/h1-7H,8,19H2;1H. The van der Waals surface area contributed by atoms with Crippen LogP contribution in [0.2, 0.25) is 0 Å².